The molecule has 1 amide bonds. The van der Waals surface area contributed by atoms with Crippen LogP contribution in [0.15, 0.2) is 30.3 Å². The molecule has 0 saturated heterocycles. The molecule has 0 radical (unpaired) electrons. The van der Waals surface area contributed by atoms with Gasteiger partial charge in [-0.2, -0.15) is 10.1 Å². The zero-order valence-corrected chi connectivity index (χ0v) is 18.1. The van der Waals surface area contributed by atoms with Gasteiger partial charge in [0.05, 0.1) is 14.2 Å². The Morgan fingerprint density at radius 1 is 1.10 bits per heavy atom. The van der Waals surface area contributed by atoms with Crippen molar-refractivity contribution in [2.75, 3.05) is 20.8 Å². The molecule has 0 spiro atoms. The number of carbonyl (C=O) groups excluding carboxylic acids is 1. The van der Waals surface area contributed by atoms with Gasteiger partial charge in [0.15, 0.2) is 0 Å². The lowest BCUT2D eigenvalue weighted by atomic mass is 10.0. The van der Waals surface area contributed by atoms with E-state index in [0.29, 0.717) is 36.8 Å². The summed E-state index contributed by atoms with van der Waals surface area (Å²) >= 11 is 0. The Hall–Kier alpha value is -3.62. The van der Waals surface area contributed by atoms with Crippen LogP contribution >= 0.6 is 0 Å². The summed E-state index contributed by atoms with van der Waals surface area (Å²) in [6, 6.07) is 8.98. The van der Waals surface area contributed by atoms with E-state index in [1.165, 1.54) is 14.2 Å². The molecule has 4 rings (SSSR count). The van der Waals surface area contributed by atoms with E-state index in [2.05, 4.69) is 15.1 Å². The van der Waals surface area contributed by atoms with Crippen molar-refractivity contribution < 1.29 is 19.0 Å². The number of aryl methyl sites for hydroxylation is 2. The summed E-state index contributed by atoms with van der Waals surface area (Å²) in [6.45, 7) is 3.23. The third-order valence-electron chi connectivity index (χ3n) is 5.30. The van der Waals surface area contributed by atoms with Crippen molar-refractivity contribution in [2.45, 2.75) is 26.5 Å². The monoisotopic (exact) mass is 423 g/mol. The third kappa shape index (κ3) is 4.16. The Kier molecular flexibility index (Phi) is 5.75. The predicted octanol–water partition coefficient (Wildman–Crippen LogP) is 2.31. The van der Waals surface area contributed by atoms with Crippen LogP contribution in [-0.2, 0) is 26.6 Å². The molecule has 0 aliphatic carbocycles. The van der Waals surface area contributed by atoms with E-state index in [4.69, 9.17) is 14.2 Å². The first-order valence-corrected chi connectivity index (χ1v) is 9.98. The second kappa shape index (κ2) is 8.63. The molecule has 0 fully saturated rings. The molecule has 4 heterocycles. The van der Waals surface area contributed by atoms with Gasteiger partial charge in [0, 0.05) is 55.6 Å². The van der Waals surface area contributed by atoms with Gasteiger partial charge in [-0.3, -0.25) is 9.48 Å². The van der Waals surface area contributed by atoms with E-state index >= 15 is 0 Å². The minimum Gasteiger partial charge on any atom is -0.481 e. The average Bonchev–Trinajstić information content (AvgIpc) is 3.11. The van der Waals surface area contributed by atoms with Gasteiger partial charge in [0.2, 0.25) is 17.6 Å². The number of pyridine rings is 2. The quantitative estimate of drug-likeness (QED) is 0.601. The maximum atomic E-state index is 13.2. The zero-order chi connectivity index (χ0) is 22.0. The Labute approximate surface area is 180 Å². The number of ether oxygens (including phenoxy) is 3. The summed E-state index contributed by atoms with van der Waals surface area (Å²) in [5.74, 6) is 1.05. The zero-order valence-electron chi connectivity index (χ0n) is 18.1. The van der Waals surface area contributed by atoms with E-state index in [-0.39, 0.29) is 18.4 Å². The minimum absolute atomic E-state index is 0.145. The highest BCUT2D eigenvalue weighted by Crippen LogP contribution is 2.27. The van der Waals surface area contributed by atoms with E-state index in [1.54, 1.807) is 17.0 Å². The van der Waals surface area contributed by atoms with Crippen LogP contribution < -0.4 is 14.2 Å². The first-order valence-electron chi connectivity index (χ1n) is 9.98. The van der Waals surface area contributed by atoms with E-state index in [0.717, 1.165) is 22.6 Å². The van der Waals surface area contributed by atoms with Gasteiger partial charge >= 0.3 is 0 Å². The first-order chi connectivity index (χ1) is 15.0. The van der Waals surface area contributed by atoms with Crippen LogP contribution in [0.25, 0.3) is 0 Å². The van der Waals surface area contributed by atoms with Gasteiger partial charge in [0.25, 0.3) is 5.91 Å². The second-order valence-electron chi connectivity index (χ2n) is 7.29. The van der Waals surface area contributed by atoms with Gasteiger partial charge in [-0.25, -0.2) is 4.98 Å². The van der Waals surface area contributed by atoms with E-state index < -0.39 is 0 Å². The Morgan fingerprint density at radius 2 is 1.94 bits per heavy atom. The van der Waals surface area contributed by atoms with Crippen LogP contribution in [0.3, 0.4) is 0 Å². The molecule has 9 nitrogen and oxygen atoms in total. The molecule has 0 aromatic carbocycles. The van der Waals surface area contributed by atoms with Crippen LogP contribution in [0, 0.1) is 6.92 Å². The van der Waals surface area contributed by atoms with Crippen LogP contribution in [0.4, 0.5) is 0 Å². The van der Waals surface area contributed by atoms with Crippen molar-refractivity contribution in [3.63, 3.8) is 0 Å². The largest absolute Gasteiger partial charge is 0.481 e. The predicted molar refractivity (Wildman–Crippen MR) is 112 cm³/mol. The normalized spacial score (nSPS) is 13.0. The van der Waals surface area contributed by atoms with Crippen molar-refractivity contribution in [2.24, 2.45) is 7.05 Å². The van der Waals surface area contributed by atoms with Crippen molar-refractivity contribution in [1.29, 1.82) is 0 Å². The Balaban J connectivity index is 1.54. The van der Waals surface area contributed by atoms with E-state index in [1.807, 2.05) is 36.9 Å². The van der Waals surface area contributed by atoms with Crippen molar-refractivity contribution >= 4 is 5.91 Å². The molecule has 0 N–H and O–H groups in total. The Morgan fingerprint density at radius 3 is 2.68 bits per heavy atom. The number of fused-ring (bicyclic) bond motifs is 1. The Bertz CT molecular complexity index is 1110. The number of carbonyl (C=O) groups is 1. The molecule has 1 aliphatic heterocycles. The molecule has 3 aromatic rings. The summed E-state index contributed by atoms with van der Waals surface area (Å²) in [5.41, 5.74) is 4.21. The van der Waals surface area contributed by atoms with Crippen LogP contribution in [0.5, 0.6) is 17.6 Å². The number of methoxy groups -OCH3 is 2. The van der Waals surface area contributed by atoms with Crippen LogP contribution in [0.2, 0.25) is 0 Å². The summed E-state index contributed by atoms with van der Waals surface area (Å²) in [4.78, 5) is 23.6. The average molecular weight is 423 g/mol. The lowest BCUT2D eigenvalue weighted by Crippen LogP contribution is -2.36. The second-order valence-corrected chi connectivity index (χ2v) is 7.29. The molecule has 0 bridgehead atoms. The fourth-order valence-corrected chi connectivity index (χ4v) is 3.73. The number of nitrogens with zero attached hydrogens (tertiary/aromatic N) is 5. The van der Waals surface area contributed by atoms with Gasteiger partial charge in [-0.15, -0.1) is 0 Å². The number of hydrogen-bond donors (Lipinski definition) is 0. The minimum atomic E-state index is -0.145. The molecule has 0 unspecified atom stereocenters. The SMILES string of the molecule is COc1ccc(C(=O)N2CCc3c(c(COc4cccc(C)n4)nn3C)C2)c(OC)n1. The smallest absolute Gasteiger partial charge is 0.259 e. The maximum absolute atomic E-state index is 13.2. The highest BCUT2D eigenvalue weighted by Gasteiger charge is 2.29. The molecule has 9 heteroatoms. The van der Waals surface area contributed by atoms with Crippen LogP contribution in [0.1, 0.15) is 33.0 Å². The molecule has 31 heavy (non-hydrogen) atoms. The van der Waals surface area contributed by atoms with E-state index in [9.17, 15) is 4.79 Å². The topological polar surface area (TPSA) is 91.6 Å². The molecule has 0 saturated carbocycles. The highest BCUT2D eigenvalue weighted by molar-refractivity contribution is 5.96. The lowest BCUT2D eigenvalue weighted by molar-refractivity contribution is 0.0728. The molecular formula is C22H25N5O4. The van der Waals surface area contributed by atoms with Crippen LogP contribution in [-0.4, -0.2) is 51.3 Å². The number of rotatable bonds is 6. The molecule has 0 atom stereocenters. The van der Waals surface area contributed by atoms with Crippen molar-refractivity contribution in [1.82, 2.24) is 24.6 Å². The van der Waals surface area contributed by atoms with Gasteiger partial charge in [-0.05, 0) is 19.1 Å². The number of aromatic nitrogens is 4. The summed E-state index contributed by atoms with van der Waals surface area (Å²) in [7, 11) is 4.93. The van der Waals surface area contributed by atoms with Gasteiger partial charge in [-0.1, -0.05) is 6.07 Å². The summed E-state index contributed by atoms with van der Waals surface area (Å²) in [5, 5.41) is 4.63. The number of amides is 1. The van der Waals surface area contributed by atoms with Crippen molar-refractivity contribution in [3.8, 4) is 17.6 Å². The molecule has 1 aliphatic rings. The molecule has 162 valence electrons. The highest BCUT2D eigenvalue weighted by atomic mass is 16.5. The number of hydrogen-bond acceptors (Lipinski definition) is 7. The first kappa shape index (κ1) is 20.6. The maximum Gasteiger partial charge on any atom is 0.259 e. The fraction of sp³-hybridized carbons (Fsp3) is 0.364. The van der Waals surface area contributed by atoms with Gasteiger partial charge in [0.1, 0.15) is 17.9 Å². The molecular weight excluding hydrogens is 398 g/mol. The third-order valence-corrected chi connectivity index (χ3v) is 5.30. The lowest BCUT2D eigenvalue weighted by Gasteiger charge is -2.28. The summed E-state index contributed by atoms with van der Waals surface area (Å²) < 4.78 is 18.2. The fourth-order valence-electron chi connectivity index (χ4n) is 3.73. The van der Waals surface area contributed by atoms with Gasteiger partial charge < -0.3 is 19.1 Å². The standard InChI is InChI=1S/C22H25N5O4/c1-14-6-5-7-20(23-14)31-13-17-16-12-27(11-10-18(16)26(2)25-17)22(28)15-8-9-19(29-3)24-21(15)30-4/h5-9H,10-13H2,1-4H3. The molecule has 3 aromatic heterocycles. The van der Waals surface area contributed by atoms with Crippen molar-refractivity contribution in [3.05, 3.63) is 58.5 Å². The summed E-state index contributed by atoms with van der Waals surface area (Å²) in [6.07, 6.45) is 0.708.